The Morgan fingerprint density at radius 3 is 2.93 bits per heavy atom. The Kier molecular flexibility index (Phi) is 5.41. The average molecular weight is 435 g/mol. The summed E-state index contributed by atoms with van der Waals surface area (Å²) in [6, 6.07) is 3.48. The van der Waals surface area contributed by atoms with E-state index in [2.05, 4.69) is 25.2 Å². The lowest BCUT2D eigenvalue weighted by atomic mass is 10.0. The molecule has 3 N–H and O–H groups in total. The molecular formula is C19H26N6O4S. The highest BCUT2D eigenvalue weighted by molar-refractivity contribution is 7.89. The molecule has 0 radical (unpaired) electrons. The van der Waals surface area contributed by atoms with Crippen molar-refractivity contribution in [3.8, 4) is 0 Å². The van der Waals surface area contributed by atoms with Gasteiger partial charge >= 0.3 is 6.09 Å². The SMILES string of the molecule is CC(C)N(C)C(=O)O[C@@H]1CC[C@H](c2cc(Nc3nccc4c3CNS4(=O)=O)n[nH]2)C1. The first-order valence-electron chi connectivity index (χ1n) is 9.98. The Hall–Kier alpha value is -2.66. The molecule has 1 saturated carbocycles. The number of nitrogens with one attached hydrogen (secondary N) is 3. The lowest BCUT2D eigenvalue weighted by molar-refractivity contribution is 0.0645. The van der Waals surface area contributed by atoms with Crippen LogP contribution in [0.3, 0.4) is 0 Å². The highest BCUT2D eigenvalue weighted by Crippen LogP contribution is 2.36. The molecule has 4 rings (SSSR count). The van der Waals surface area contributed by atoms with Crippen molar-refractivity contribution < 1.29 is 17.9 Å². The van der Waals surface area contributed by atoms with Crippen molar-refractivity contribution in [3.05, 3.63) is 29.6 Å². The fourth-order valence-electron chi connectivity index (χ4n) is 3.75. The lowest BCUT2D eigenvalue weighted by Crippen LogP contribution is -2.35. The normalized spacial score (nSPS) is 22.1. The van der Waals surface area contributed by atoms with Crippen LogP contribution in [-0.2, 0) is 21.3 Å². The van der Waals surface area contributed by atoms with Crippen molar-refractivity contribution in [1.29, 1.82) is 0 Å². The summed E-state index contributed by atoms with van der Waals surface area (Å²) in [6.45, 7) is 4.09. The zero-order chi connectivity index (χ0) is 21.5. The summed E-state index contributed by atoms with van der Waals surface area (Å²) in [5, 5.41) is 10.4. The molecule has 10 nitrogen and oxygen atoms in total. The van der Waals surface area contributed by atoms with Crippen molar-refractivity contribution in [2.45, 2.75) is 62.6 Å². The molecule has 0 spiro atoms. The van der Waals surface area contributed by atoms with Crippen LogP contribution in [0, 0.1) is 0 Å². The van der Waals surface area contributed by atoms with Crippen LogP contribution >= 0.6 is 0 Å². The topological polar surface area (TPSA) is 129 Å². The van der Waals surface area contributed by atoms with Crippen molar-refractivity contribution >= 4 is 27.8 Å². The molecule has 1 amide bonds. The van der Waals surface area contributed by atoms with Gasteiger partial charge in [-0.05, 0) is 39.2 Å². The van der Waals surface area contributed by atoms with E-state index >= 15 is 0 Å². The first-order valence-corrected chi connectivity index (χ1v) is 11.5. The summed E-state index contributed by atoms with van der Waals surface area (Å²) in [4.78, 5) is 18.2. The van der Waals surface area contributed by atoms with E-state index in [-0.39, 0.29) is 35.6 Å². The molecule has 0 aromatic carbocycles. The molecule has 0 unspecified atom stereocenters. The number of ether oxygens (including phenoxy) is 1. The summed E-state index contributed by atoms with van der Waals surface area (Å²) >= 11 is 0. The number of amides is 1. The Balaban J connectivity index is 1.40. The van der Waals surface area contributed by atoms with Crippen LogP contribution < -0.4 is 10.0 Å². The fourth-order valence-corrected chi connectivity index (χ4v) is 4.97. The molecule has 1 aliphatic carbocycles. The quantitative estimate of drug-likeness (QED) is 0.659. The first-order chi connectivity index (χ1) is 14.2. The second-order valence-electron chi connectivity index (χ2n) is 8.01. The van der Waals surface area contributed by atoms with Crippen molar-refractivity contribution in [1.82, 2.24) is 24.8 Å². The Bertz CT molecular complexity index is 1050. The molecule has 2 atom stereocenters. The predicted octanol–water partition coefficient (Wildman–Crippen LogP) is 2.45. The molecule has 3 heterocycles. The third kappa shape index (κ3) is 3.99. The van der Waals surface area contributed by atoms with Crippen LogP contribution in [0.15, 0.2) is 23.2 Å². The molecule has 30 heavy (non-hydrogen) atoms. The zero-order valence-electron chi connectivity index (χ0n) is 17.2. The third-order valence-electron chi connectivity index (χ3n) is 5.74. The minimum absolute atomic E-state index is 0.0918. The molecule has 0 bridgehead atoms. The van der Waals surface area contributed by atoms with Crippen LogP contribution in [0.1, 0.15) is 50.3 Å². The van der Waals surface area contributed by atoms with Gasteiger partial charge < -0.3 is 15.0 Å². The van der Waals surface area contributed by atoms with Crippen LogP contribution in [0.4, 0.5) is 16.4 Å². The van der Waals surface area contributed by atoms with Gasteiger partial charge in [-0.25, -0.2) is 22.9 Å². The van der Waals surface area contributed by atoms with E-state index in [0.717, 1.165) is 25.0 Å². The van der Waals surface area contributed by atoms with E-state index < -0.39 is 10.0 Å². The van der Waals surface area contributed by atoms with E-state index in [1.807, 2.05) is 19.9 Å². The third-order valence-corrected chi connectivity index (χ3v) is 7.23. The number of aromatic nitrogens is 3. The highest BCUT2D eigenvalue weighted by Gasteiger charge is 2.32. The van der Waals surface area contributed by atoms with E-state index in [4.69, 9.17) is 4.74 Å². The lowest BCUT2D eigenvalue weighted by Gasteiger charge is -2.23. The Labute approximate surface area is 175 Å². The molecule has 2 aromatic rings. The van der Waals surface area contributed by atoms with Gasteiger partial charge in [0.15, 0.2) is 5.82 Å². The fraction of sp³-hybridized carbons (Fsp3) is 0.526. The van der Waals surface area contributed by atoms with Gasteiger partial charge in [-0.1, -0.05) is 0 Å². The number of fused-ring (bicyclic) bond motifs is 1. The van der Waals surface area contributed by atoms with Gasteiger partial charge in [0.25, 0.3) is 0 Å². The number of sulfonamides is 1. The number of carbonyl (C=O) groups is 1. The van der Waals surface area contributed by atoms with Gasteiger partial charge in [0, 0.05) is 49.1 Å². The van der Waals surface area contributed by atoms with E-state index in [1.54, 1.807) is 11.9 Å². The highest BCUT2D eigenvalue weighted by atomic mass is 32.2. The van der Waals surface area contributed by atoms with Crippen LogP contribution in [0.25, 0.3) is 0 Å². The number of pyridine rings is 1. The van der Waals surface area contributed by atoms with Gasteiger partial charge in [-0.15, -0.1) is 0 Å². The zero-order valence-corrected chi connectivity index (χ0v) is 18.0. The maximum atomic E-state index is 12.1. The largest absolute Gasteiger partial charge is 0.446 e. The van der Waals surface area contributed by atoms with Gasteiger partial charge in [-0.2, -0.15) is 5.10 Å². The average Bonchev–Trinajstić information content (AvgIpc) is 3.41. The smallest absolute Gasteiger partial charge is 0.410 e. The molecule has 1 aliphatic heterocycles. The van der Waals surface area contributed by atoms with Gasteiger partial charge in [-0.3, -0.25) is 5.10 Å². The molecule has 2 aliphatic rings. The maximum Gasteiger partial charge on any atom is 0.410 e. The van der Waals surface area contributed by atoms with Gasteiger partial charge in [0.2, 0.25) is 10.0 Å². The molecule has 1 fully saturated rings. The summed E-state index contributed by atoms with van der Waals surface area (Å²) < 4.78 is 32.1. The predicted molar refractivity (Wildman–Crippen MR) is 110 cm³/mol. The second-order valence-corrected chi connectivity index (χ2v) is 9.75. The van der Waals surface area contributed by atoms with Crippen molar-refractivity contribution in [2.24, 2.45) is 0 Å². The van der Waals surface area contributed by atoms with Crippen LogP contribution in [0.2, 0.25) is 0 Å². The number of hydrogen-bond acceptors (Lipinski definition) is 7. The number of nitrogens with zero attached hydrogens (tertiary/aromatic N) is 3. The van der Waals surface area contributed by atoms with E-state index in [0.29, 0.717) is 17.2 Å². The Morgan fingerprint density at radius 2 is 2.17 bits per heavy atom. The molecule has 162 valence electrons. The number of aromatic amines is 1. The van der Waals surface area contributed by atoms with Crippen molar-refractivity contribution in [3.63, 3.8) is 0 Å². The standard InChI is InChI=1S/C19H26N6O4S/c1-11(2)25(3)19(26)29-13-5-4-12(8-13)15-9-17(24-23-15)22-18-14-10-21-30(27,28)16(14)6-7-20-18/h6-7,9,11-13,21H,4-5,8,10H2,1-3H3,(H2,20,22,23,24)/t12-,13+/m0/s1. The summed E-state index contributed by atoms with van der Waals surface area (Å²) in [5.41, 5.74) is 1.55. The number of carbonyl (C=O) groups excluding carboxylic acids is 1. The summed E-state index contributed by atoms with van der Waals surface area (Å²) in [7, 11) is -1.72. The number of H-pyrrole nitrogens is 1. The van der Waals surface area contributed by atoms with Crippen molar-refractivity contribution in [2.75, 3.05) is 12.4 Å². The minimum atomic E-state index is -3.46. The molecule has 2 aromatic heterocycles. The monoisotopic (exact) mass is 434 g/mol. The maximum absolute atomic E-state index is 12.1. The van der Waals surface area contributed by atoms with Crippen LogP contribution in [-0.4, -0.2) is 53.8 Å². The number of rotatable bonds is 5. The van der Waals surface area contributed by atoms with E-state index in [9.17, 15) is 13.2 Å². The van der Waals surface area contributed by atoms with Gasteiger partial charge in [0.1, 0.15) is 11.9 Å². The molecule has 11 heteroatoms. The van der Waals surface area contributed by atoms with Crippen LogP contribution in [0.5, 0.6) is 0 Å². The second kappa shape index (κ2) is 7.88. The molecular weight excluding hydrogens is 408 g/mol. The number of hydrogen-bond donors (Lipinski definition) is 3. The molecule has 0 saturated heterocycles. The van der Waals surface area contributed by atoms with Gasteiger partial charge in [0.05, 0.1) is 4.90 Å². The number of anilines is 2. The first kappa shape index (κ1) is 20.6. The van der Waals surface area contributed by atoms with E-state index in [1.165, 1.54) is 12.3 Å². The summed E-state index contributed by atoms with van der Waals surface area (Å²) in [6.07, 6.45) is 3.49. The summed E-state index contributed by atoms with van der Waals surface area (Å²) in [5.74, 6) is 1.25. The Morgan fingerprint density at radius 1 is 1.37 bits per heavy atom. The minimum Gasteiger partial charge on any atom is -0.446 e.